The van der Waals surface area contributed by atoms with E-state index in [1.54, 1.807) is 0 Å². The number of rotatable bonds is 4. The monoisotopic (exact) mass is 271 g/mol. The van der Waals surface area contributed by atoms with Gasteiger partial charge in [0, 0.05) is 16.9 Å². The van der Waals surface area contributed by atoms with Gasteiger partial charge in [0.2, 0.25) is 0 Å². The van der Waals surface area contributed by atoms with Crippen LogP contribution in [0.4, 0.5) is 0 Å². The van der Waals surface area contributed by atoms with E-state index in [4.69, 9.17) is 5.73 Å². The lowest BCUT2D eigenvalue weighted by Gasteiger charge is -2.25. The molecule has 2 unspecified atom stereocenters. The van der Waals surface area contributed by atoms with E-state index in [0.29, 0.717) is 6.54 Å². The smallest absolute Gasteiger partial charge is 0.0644 e. The van der Waals surface area contributed by atoms with Crippen molar-refractivity contribution in [1.82, 2.24) is 0 Å². The van der Waals surface area contributed by atoms with Crippen molar-refractivity contribution in [3.8, 4) is 0 Å². The van der Waals surface area contributed by atoms with Crippen molar-refractivity contribution in [1.29, 1.82) is 0 Å². The van der Waals surface area contributed by atoms with Gasteiger partial charge in [0.05, 0.1) is 6.10 Å². The second-order valence-electron chi connectivity index (χ2n) is 4.10. The molecular weight excluding hydrogens is 254 g/mol. The molecule has 0 radical (unpaired) electrons. The molecule has 1 rings (SSSR count). The van der Waals surface area contributed by atoms with Crippen LogP contribution in [0.2, 0.25) is 0 Å². The third kappa shape index (κ3) is 3.03. The Hall–Kier alpha value is -0.380. The van der Waals surface area contributed by atoms with E-state index in [0.717, 1.165) is 10.0 Å². The SMILES string of the molecule is CC(C)C(O)C(CN)c1ccccc1Br. The van der Waals surface area contributed by atoms with E-state index in [2.05, 4.69) is 15.9 Å². The van der Waals surface area contributed by atoms with Gasteiger partial charge in [0.1, 0.15) is 0 Å². The quantitative estimate of drug-likeness (QED) is 0.884. The van der Waals surface area contributed by atoms with Gasteiger partial charge in [-0.25, -0.2) is 0 Å². The van der Waals surface area contributed by atoms with Crippen LogP contribution in [0, 0.1) is 5.92 Å². The van der Waals surface area contributed by atoms with Gasteiger partial charge < -0.3 is 10.8 Å². The molecule has 0 saturated heterocycles. The Morgan fingerprint density at radius 1 is 1.33 bits per heavy atom. The summed E-state index contributed by atoms with van der Waals surface area (Å²) >= 11 is 3.49. The van der Waals surface area contributed by atoms with Crippen LogP contribution in [0.15, 0.2) is 28.7 Å². The van der Waals surface area contributed by atoms with Gasteiger partial charge in [-0.05, 0) is 17.5 Å². The molecule has 0 amide bonds. The van der Waals surface area contributed by atoms with Gasteiger partial charge in [-0.2, -0.15) is 0 Å². The van der Waals surface area contributed by atoms with Crippen molar-refractivity contribution in [2.24, 2.45) is 11.7 Å². The highest BCUT2D eigenvalue weighted by atomic mass is 79.9. The second kappa shape index (κ2) is 5.64. The predicted molar refractivity (Wildman–Crippen MR) is 66.8 cm³/mol. The first-order valence-electron chi connectivity index (χ1n) is 5.20. The lowest BCUT2D eigenvalue weighted by Crippen LogP contribution is -2.30. The Kier molecular flexibility index (Phi) is 4.77. The van der Waals surface area contributed by atoms with Crippen LogP contribution < -0.4 is 5.73 Å². The van der Waals surface area contributed by atoms with Gasteiger partial charge in [0.15, 0.2) is 0 Å². The number of hydrogen-bond donors (Lipinski definition) is 2. The van der Waals surface area contributed by atoms with Gasteiger partial charge in [-0.15, -0.1) is 0 Å². The van der Waals surface area contributed by atoms with Crippen molar-refractivity contribution in [3.63, 3.8) is 0 Å². The molecule has 84 valence electrons. The standard InChI is InChI=1S/C12H18BrNO/c1-8(2)12(15)10(7-14)9-5-3-4-6-11(9)13/h3-6,8,10,12,15H,7,14H2,1-2H3. The van der Waals surface area contributed by atoms with Gasteiger partial charge >= 0.3 is 0 Å². The number of nitrogens with two attached hydrogens (primary N) is 1. The first kappa shape index (κ1) is 12.7. The number of benzene rings is 1. The molecule has 15 heavy (non-hydrogen) atoms. The summed E-state index contributed by atoms with van der Waals surface area (Å²) in [6.07, 6.45) is -0.395. The minimum absolute atomic E-state index is 0.000532. The normalized spacial score (nSPS) is 15.3. The van der Waals surface area contributed by atoms with Crippen molar-refractivity contribution in [2.75, 3.05) is 6.54 Å². The number of hydrogen-bond acceptors (Lipinski definition) is 2. The Balaban J connectivity index is 2.97. The molecule has 3 N–H and O–H groups in total. The van der Waals surface area contributed by atoms with Crippen molar-refractivity contribution in [2.45, 2.75) is 25.9 Å². The van der Waals surface area contributed by atoms with E-state index in [-0.39, 0.29) is 11.8 Å². The Bertz CT molecular complexity index is 314. The molecular formula is C12H18BrNO. The molecule has 0 saturated carbocycles. The summed E-state index contributed by atoms with van der Waals surface area (Å²) in [5.74, 6) is 0.214. The topological polar surface area (TPSA) is 46.2 Å². The third-order valence-electron chi connectivity index (χ3n) is 2.65. The van der Waals surface area contributed by atoms with E-state index >= 15 is 0 Å². The summed E-state index contributed by atoms with van der Waals surface area (Å²) in [7, 11) is 0. The molecule has 0 spiro atoms. The van der Waals surface area contributed by atoms with Gasteiger partial charge in [0.25, 0.3) is 0 Å². The summed E-state index contributed by atoms with van der Waals surface area (Å²) in [6.45, 7) is 4.47. The summed E-state index contributed by atoms with van der Waals surface area (Å²) in [5.41, 5.74) is 6.82. The van der Waals surface area contributed by atoms with Crippen LogP contribution in [0.5, 0.6) is 0 Å². The molecule has 2 nitrogen and oxygen atoms in total. The maximum absolute atomic E-state index is 10.1. The number of halogens is 1. The van der Waals surface area contributed by atoms with Crippen LogP contribution in [0.25, 0.3) is 0 Å². The maximum Gasteiger partial charge on any atom is 0.0644 e. The van der Waals surface area contributed by atoms with Crippen molar-refractivity contribution in [3.05, 3.63) is 34.3 Å². The minimum atomic E-state index is -0.395. The Labute approximate surface area is 99.6 Å². The summed E-state index contributed by atoms with van der Waals surface area (Å²) in [6, 6.07) is 7.91. The van der Waals surface area contributed by atoms with Gasteiger partial charge in [-0.1, -0.05) is 48.0 Å². The largest absolute Gasteiger partial charge is 0.392 e. The van der Waals surface area contributed by atoms with E-state index in [9.17, 15) is 5.11 Å². The first-order valence-corrected chi connectivity index (χ1v) is 5.99. The van der Waals surface area contributed by atoms with Crippen molar-refractivity contribution >= 4 is 15.9 Å². The molecule has 0 fully saturated rings. The highest BCUT2D eigenvalue weighted by Gasteiger charge is 2.23. The fourth-order valence-electron chi connectivity index (χ4n) is 1.69. The molecule has 0 aliphatic heterocycles. The van der Waals surface area contributed by atoms with E-state index in [1.165, 1.54) is 0 Å². The number of aliphatic hydroxyl groups is 1. The molecule has 1 aromatic carbocycles. The van der Waals surface area contributed by atoms with Crippen LogP contribution in [0.1, 0.15) is 25.3 Å². The molecule has 0 aromatic heterocycles. The van der Waals surface area contributed by atoms with Crippen LogP contribution in [0.3, 0.4) is 0 Å². The minimum Gasteiger partial charge on any atom is -0.392 e. The van der Waals surface area contributed by atoms with Crippen LogP contribution in [-0.4, -0.2) is 17.8 Å². The zero-order chi connectivity index (χ0) is 11.4. The fourth-order valence-corrected chi connectivity index (χ4v) is 2.27. The first-order chi connectivity index (χ1) is 7.07. The average molecular weight is 272 g/mol. The maximum atomic E-state index is 10.1. The zero-order valence-electron chi connectivity index (χ0n) is 9.15. The lowest BCUT2D eigenvalue weighted by atomic mass is 9.87. The Morgan fingerprint density at radius 3 is 2.40 bits per heavy atom. The summed E-state index contributed by atoms with van der Waals surface area (Å²) in [4.78, 5) is 0. The van der Waals surface area contributed by atoms with Gasteiger partial charge in [-0.3, -0.25) is 0 Å². The van der Waals surface area contributed by atoms with Crippen LogP contribution >= 0.6 is 15.9 Å². The molecule has 3 heteroatoms. The average Bonchev–Trinajstić information content (AvgIpc) is 2.21. The van der Waals surface area contributed by atoms with Crippen LogP contribution in [-0.2, 0) is 0 Å². The zero-order valence-corrected chi connectivity index (χ0v) is 10.7. The highest BCUT2D eigenvalue weighted by Crippen LogP contribution is 2.29. The number of aliphatic hydroxyl groups excluding tert-OH is 1. The fraction of sp³-hybridized carbons (Fsp3) is 0.500. The van der Waals surface area contributed by atoms with Crippen molar-refractivity contribution < 1.29 is 5.11 Å². The highest BCUT2D eigenvalue weighted by molar-refractivity contribution is 9.10. The summed E-state index contributed by atoms with van der Waals surface area (Å²) < 4.78 is 1.01. The third-order valence-corrected chi connectivity index (χ3v) is 3.38. The lowest BCUT2D eigenvalue weighted by molar-refractivity contribution is 0.0983. The van der Waals surface area contributed by atoms with E-state index in [1.807, 2.05) is 38.1 Å². The molecule has 2 atom stereocenters. The molecule has 0 bridgehead atoms. The van der Waals surface area contributed by atoms with E-state index < -0.39 is 6.10 Å². The molecule has 1 aromatic rings. The second-order valence-corrected chi connectivity index (χ2v) is 4.95. The summed E-state index contributed by atoms with van der Waals surface area (Å²) in [5, 5.41) is 10.1. The molecule has 0 aliphatic carbocycles. The molecule has 0 aliphatic rings. The Morgan fingerprint density at radius 2 is 1.93 bits per heavy atom. The molecule has 0 heterocycles. The predicted octanol–water partition coefficient (Wildman–Crippen LogP) is 2.51.